The minimum Gasteiger partial charge on any atom is -0.466 e. The monoisotopic (exact) mass is 412 g/mol. The molecule has 1 aliphatic rings. The zero-order valence-corrected chi connectivity index (χ0v) is 17.2. The molecular formula is C22H24N2O6. The molecule has 8 heteroatoms. The van der Waals surface area contributed by atoms with Crippen LogP contribution in [-0.2, 0) is 20.7 Å². The zero-order valence-electron chi connectivity index (χ0n) is 17.2. The molecule has 0 fully saturated rings. The number of carbonyl (C=O) groups is 3. The van der Waals surface area contributed by atoms with E-state index in [9.17, 15) is 19.5 Å². The summed E-state index contributed by atoms with van der Waals surface area (Å²) in [4.78, 5) is 40.6. The number of nitrogens with one attached hydrogen (secondary N) is 1. The Morgan fingerprint density at radius 3 is 2.53 bits per heavy atom. The fraction of sp³-hybridized carbons (Fsp3) is 0.318. The summed E-state index contributed by atoms with van der Waals surface area (Å²) in [6, 6.07) is 7.16. The standard InChI is InChI=1S/C22H24N2O6/c1-4-29-19(25)11-16-13(3)23-20(21(26)30-5-2)17(16)10-14-12-24(22(27)28)18-9-7-6-8-15(14)18/h6-10,23H,4-5,11-12H2,1-3H3,(H,27,28). The van der Waals surface area contributed by atoms with Crippen LogP contribution in [0.2, 0.25) is 0 Å². The molecule has 0 saturated heterocycles. The first-order valence-corrected chi connectivity index (χ1v) is 9.71. The first-order valence-electron chi connectivity index (χ1n) is 9.71. The number of ether oxygens (including phenoxy) is 2. The van der Waals surface area contributed by atoms with Gasteiger partial charge in [0.15, 0.2) is 0 Å². The van der Waals surface area contributed by atoms with Crippen LogP contribution in [0.1, 0.15) is 46.7 Å². The average molecular weight is 412 g/mol. The number of nitrogens with zero attached hydrogens (tertiary/aromatic N) is 1. The third kappa shape index (κ3) is 4.07. The summed E-state index contributed by atoms with van der Waals surface area (Å²) in [5.41, 5.74) is 4.07. The van der Waals surface area contributed by atoms with Crippen LogP contribution in [0.15, 0.2) is 24.3 Å². The lowest BCUT2D eigenvalue weighted by Crippen LogP contribution is -2.26. The topological polar surface area (TPSA) is 109 Å². The minimum absolute atomic E-state index is 0.0149. The molecule has 1 aliphatic heterocycles. The maximum Gasteiger partial charge on any atom is 0.412 e. The minimum atomic E-state index is -1.06. The molecule has 3 rings (SSSR count). The average Bonchev–Trinajstić information content (AvgIpc) is 3.22. The number of anilines is 1. The van der Waals surface area contributed by atoms with Gasteiger partial charge in [-0.1, -0.05) is 18.2 Å². The van der Waals surface area contributed by atoms with Gasteiger partial charge >= 0.3 is 18.0 Å². The summed E-state index contributed by atoms with van der Waals surface area (Å²) in [7, 11) is 0. The molecule has 0 bridgehead atoms. The van der Waals surface area contributed by atoms with Crippen molar-refractivity contribution < 1.29 is 29.0 Å². The quantitative estimate of drug-likeness (QED) is 0.701. The number of para-hydroxylation sites is 1. The van der Waals surface area contributed by atoms with Gasteiger partial charge in [0.05, 0.1) is 31.9 Å². The van der Waals surface area contributed by atoms with Gasteiger partial charge in [0.1, 0.15) is 5.69 Å². The second-order valence-electron chi connectivity index (χ2n) is 6.77. The van der Waals surface area contributed by atoms with Crippen LogP contribution in [0.3, 0.4) is 0 Å². The Labute approximate surface area is 174 Å². The molecule has 2 heterocycles. The van der Waals surface area contributed by atoms with Gasteiger partial charge in [-0.15, -0.1) is 0 Å². The predicted molar refractivity (Wildman–Crippen MR) is 112 cm³/mol. The van der Waals surface area contributed by atoms with Crippen molar-refractivity contribution in [1.82, 2.24) is 4.98 Å². The number of H-pyrrole nitrogens is 1. The van der Waals surface area contributed by atoms with Crippen LogP contribution in [0.25, 0.3) is 11.6 Å². The van der Waals surface area contributed by atoms with Crippen LogP contribution >= 0.6 is 0 Å². The maximum atomic E-state index is 12.5. The molecule has 0 atom stereocenters. The van der Waals surface area contributed by atoms with E-state index in [1.54, 1.807) is 39.0 Å². The molecular weight excluding hydrogens is 388 g/mol. The number of amides is 1. The van der Waals surface area contributed by atoms with Crippen LogP contribution < -0.4 is 4.90 Å². The van der Waals surface area contributed by atoms with Crippen LogP contribution in [-0.4, -0.2) is 47.9 Å². The fourth-order valence-corrected chi connectivity index (χ4v) is 3.58. The summed E-state index contributed by atoms with van der Waals surface area (Å²) < 4.78 is 10.2. The van der Waals surface area contributed by atoms with Crippen LogP contribution in [0.5, 0.6) is 0 Å². The molecule has 0 aliphatic carbocycles. The molecule has 0 unspecified atom stereocenters. The molecule has 2 aromatic rings. The van der Waals surface area contributed by atoms with Crippen molar-refractivity contribution in [2.45, 2.75) is 27.2 Å². The number of aryl methyl sites for hydroxylation is 1. The largest absolute Gasteiger partial charge is 0.466 e. The molecule has 8 nitrogen and oxygen atoms in total. The van der Waals surface area contributed by atoms with E-state index < -0.39 is 18.0 Å². The van der Waals surface area contributed by atoms with Crippen molar-refractivity contribution in [2.75, 3.05) is 24.7 Å². The van der Waals surface area contributed by atoms with E-state index in [4.69, 9.17) is 9.47 Å². The third-order valence-corrected chi connectivity index (χ3v) is 4.88. The van der Waals surface area contributed by atoms with Crippen molar-refractivity contribution >= 4 is 35.4 Å². The number of aromatic nitrogens is 1. The Kier molecular flexibility index (Phi) is 6.25. The molecule has 30 heavy (non-hydrogen) atoms. The third-order valence-electron chi connectivity index (χ3n) is 4.88. The van der Waals surface area contributed by atoms with E-state index in [-0.39, 0.29) is 31.9 Å². The lowest BCUT2D eigenvalue weighted by atomic mass is 9.99. The summed E-state index contributed by atoms with van der Waals surface area (Å²) in [6.45, 7) is 5.81. The molecule has 0 radical (unpaired) electrons. The predicted octanol–water partition coefficient (Wildman–Crippen LogP) is 3.64. The number of esters is 2. The first kappa shape index (κ1) is 21.2. The number of carbonyl (C=O) groups excluding carboxylic acids is 2. The molecule has 2 N–H and O–H groups in total. The van der Waals surface area contributed by atoms with E-state index in [2.05, 4.69) is 4.98 Å². The van der Waals surface area contributed by atoms with E-state index in [0.717, 1.165) is 11.1 Å². The van der Waals surface area contributed by atoms with E-state index in [1.807, 2.05) is 12.1 Å². The van der Waals surface area contributed by atoms with Gasteiger partial charge in [0, 0.05) is 16.8 Å². The van der Waals surface area contributed by atoms with Gasteiger partial charge in [-0.25, -0.2) is 9.59 Å². The second kappa shape index (κ2) is 8.86. The number of carboxylic acid groups (broad SMARTS) is 1. The number of hydrogen-bond donors (Lipinski definition) is 2. The van der Waals surface area contributed by atoms with E-state index in [1.165, 1.54) is 4.90 Å². The Hall–Kier alpha value is -3.55. The maximum absolute atomic E-state index is 12.5. The smallest absolute Gasteiger partial charge is 0.412 e. The highest BCUT2D eigenvalue weighted by Crippen LogP contribution is 2.37. The Morgan fingerprint density at radius 1 is 1.17 bits per heavy atom. The summed E-state index contributed by atoms with van der Waals surface area (Å²) in [6.07, 6.45) is 0.680. The Balaban J connectivity index is 2.13. The first-order chi connectivity index (χ1) is 14.4. The number of hydrogen-bond acceptors (Lipinski definition) is 5. The van der Waals surface area contributed by atoms with Gasteiger partial charge in [0.25, 0.3) is 0 Å². The van der Waals surface area contributed by atoms with Crippen molar-refractivity contribution in [3.63, 3.8) is 0 Å². The zero-order chi connectivity index (χ0) is 21.8. The van der Waals surface area contributed by atoms with Gasteiger partial charge < -0.3 is 19.6 Å². The van der Waals surface area contributed by atoms with Crippen LogP contribution in [0.4, 0.5) is 10.5 Å². The second-order valence-corrected chi connectivity index (χ2v) is 6.77. The lowest BCUT2D eigenvalue weighted by molar-refractivity contribution is -0.142. The number of aromatic amines is 1. The summed E-state index contributed by atoms with van der Waals surface area (Å²) in [5.74, 6) is -0.947. The molecule has 1 aromatic heterocycles. The van der Waals surface area contributed by atoms with Gasteiger partial charge in [-0.3, -0.25) is 9.69 Å². The molecule has 0 saturated carbocycles. The van der Waals surface area contributed by atoms with Gasteiger partial charge in [-0.2, -0.15) is 0 Å². The lowest BCUT2D eigenvalue weighted by Gasteiger charge is -2.11. The highest BCUT2D eigenvalue weighted by Gasteiger charge is 2.29. The van der Waals surface area contributed by atoms with Crippen molar-refractivity contribution in [2.24, 2.45) is 0 Å². The number of fused-ring (bicyclic) bond motifs is 1. The normalized spacial score (nSPS) is 14.0. The van der Waals surface area contributed by atoms with Gasteiger partial charge in [0.2, 0.25) is 0 Å². The highest BCUT2D eigenvalue weighted by atomic mass is 16.5. The summed E-state index contributed by atoms with van der Waals surface area (Å²) >= 11 is 0. The summed E-state index contributed by atoms with van der Waals surface area (Å²) in [5, 5.41) is 9.55. The number of rotatable bonds is 6. The molecule has 158 valence electrons. The molecule has 1 amide bonds. The highest BCUT2D eigenvalue weighted by molar-refractivity contribution is 6.05. The Morgan fingerprint density at radius 2 is 1.87 bits per heavy atom. The number of benzene rings is 1. The van der Waals surface area contributed by atoms with E-state index in [0.29, 0.717) is 22.5 Å². The van der Waals surface area contributed by atoms with Crippen molar-refractivity contribution in [1.29, 1.82) is 0 Å². The fourth-order valence-electron chi connectivity index (χ4n) is 3.58. The Bertz CT molecular complexity index is 1020. The van der Waals surface area contributed by atoms with E-state index >= 15 is 0 Å². The molecule has 0 spiro atoms. The van der Waals surface area contributed by atoms with Crippen molar-refractivity contribution in [3.8, 4) is 0 Å². The van der Waals surface area contributed by atoms with Crippen molar-refractivity contribution in [3.05, 3.63) is 52.3 Å². The van der Waals surface area contributed by atoms with Gasteiger partial charge in [-0.05, 0) is 44.1 Å². The SMILES string of the molecule is CCOC(=O)Cc1c(C)[nH]c(C(=O)OCC)c1C=C1CN(C(=O)O)c2ccccc21. The molecule has 1 aromatic carbocycles. The van der Waals surface area contributed by atoms with Crippen LogP contribution in [0, 0.1) is 6.92 Å².